The van der Waals surface area contributed by atoms with Crippen molar-refractivity contribution in [2.45, 2.75) is 211 Å². The first-order chi connectivity index (χ1) is 27.8. The molecule has 0 spiro atoms. The van der Waals surface area contributed by atoms with Gasteiger partial charge in [-0.3, -0.25) is 4.79 Å². The maximum Gasteiger partial charge on any atom is 0.220 e. The molecule has 1 fully saturated rings. The maximum atomic E-state index is 12.9. The molecular weight excluding hydrogens is 719 g/mol. The minimum absolute atomic E-state index is 0.202. The molecule has 0 aromatic rings. The Kier molecular flexibility index (Phi) is 35.0. The van der Waals surface area contributed by atoms with Crippen molar-refractivity contribution in [3.05, 3.63) is 72.9 Å². The van der Waals surface area contributed by atoms with Crippen LogP contribution in [0.15, 0.2) is 72.9 Å². The molecule has 0 bridgehead atoms. The van der Waals surface area contributed by atoms with Crippen molar-refractivity contribution in [1.29, 1.82) is 0 Å². The van der Waals surface area contributed by atoms with E-state index >= 15 is 0 Å². The van der Waals surface area contributed by atoms with Crippen LogP contribution in [-0.4, -0.2) is 87.5 Å². The predicted molar refractivity (Wildman–Crippen MR) is 235 cm³/mol. The van der Waals surface area contributed by atoms with Gasteiger partial charge in [0.25, 0.3) is 0 Å². The number of carbonyl (C=O) groups excluding carboxylic acids is 1. The average molecular weight is 802 g/mol. The fourth-order valence-corrected chi connectivity index (χ4v) is 6.67. The van der Waals surface area contributed by atoms with E-state index in [0.717, 1.165) is 70.6 Å². The largest absolute Gasteiger partial charge is 0.394 e. The Labute approximate surface area is 347 Å². The molecule has 1 amide bonds. The summed E-state index contributed by atoms with van der Waals surface area (Å²) in [7, 11) is 0. The molecule has 1 aliphatic heterocycles. The number of aliphatic hydroxyl groups is 5. The molecule has 1 aliphatic rings. The number of rotatable bonds is 36. The first kappa shape index (κ1) is 52.6. The second kappa shape index (κ2) is 37.9. The molecule has 0 aromatic heterocycles. The summed E-state index contributed by atoms with van der Waals surface area (Å²) in [4.78, 5) is 12.9. The molecule has 1 heterocycles. The lowest BCUT2D eigenvalue weighted by molar-refractivity contribution is -0.302. The molecule has 0 radical (unpaired) electrons. The molecule has 9 heteroatoms. The number of aliphatic hydroxyl groups excluding tert-OH is 5. The monoisotopic (exact) mass is 802 g/mol. The fraction of sp³-hybridized carbons (Fsp3) is 0.729. The number of hydrogen-bond acceptors (Lipinski definition) is 8. The summed E-state index contributed by atoms with van der Waals surface area (Å²) in [6, 6.07) is -0.831. The van der Waals surface area contributed by atoms with Crippen molar-refractivity contribution < 1.29 is 39.8 Å². The Morgan fingerprint density at radius 1 is 0.632 bits per heavy atom. The van der Waals surface area contributed by atoms with Gasteiger partial charge in [0, 0.05) is 6.42 Å². The number of hydrogen-bond donors (Lipinski definition) is 6. The molecule has 0 aliphatic carbocycles. The van der Waals surface area contributed by atoms with E-state index < -0.39 is 49.5 Å². The van der Waals surface area contributed by atoms with E-state index in [1.165, 1.54) is 77.0 Å². The number of nitrogens with one attached hydrogen (secondary N) is 1. The zero-order chi connectivity index (χ0) is 41.6. The number of allylic oxidation sites excluding steroid dienone is 11. The maximum absolute atomic E-state index is 12.9. The van der Waals surface area contributed by atoms with E-state index in [1.807, 2.05) is 19.1 Å². The van der Waals surface area contributed by atoms with Gasteiger partial charge in [0.05, 0.1) is 25.4 Å². The molecule has 0 aromatic carbocycles. The van der Waals surface area contributed by atoms with E-state index in [0.29, 0.717) is 6.42 Å². The Morgan fingerprint density at radius 3 is 1.68 bits per heavy atom. The van der Waals surface area contributed by atoms with Crippen molar-refractivity contribution in [2.24, 2.45) is 0 Å². The van der Waals surface area contributed by atoms with Crippen LogP contribution in [0.4, 0.5) is 0 Å². The molecule has 57 heavy (non-hydrogen) atoms. The van der Waals surface area contributed by atoms with Gasteiger partial charge in [-0.2, -0.15) is 0 Å². The van der Waals surface area contributed by atoms with Crippen molar-refractivity contribution in [3.63, 3.8) is 0 Å². The molecule has 7 atom stereocenters. The topological polar surface area (TPSA) is 149 Å². The lowest BCUT2D eigenvalue weighted by Crippen LogP contribution is -2.60. The second-order valence-electron chi connectivity index (χ2n) is 15.5. The third-order valence-electron chi connectivity index (χ3n) is 10.3. The predicted octanol–water partition coefficient (Wildman–Crippen LogP) is 9.39. The quantitative estimate of drug-likeness (QED) is 0.0271. The van der Waals surface area contributed by atoms with Gasteiger partial charge >= 0.3 is 0 Å². The van der Waals surface area contributed by atoms with E-state index in [9.17, 15) is 30.3 Å². The normalized spacial score (nSPS) is 21.7. The Hall–Kier alpha value is -2.37. The molecule has 6 N–H and O–H groups in total. The highest BCUT2D eigenvalue weighted by atomic mass is 16.7. The first-order valence-corrected chi connectivity index (χ1v) is 22.6. The van der Waals surface area contributed by atoms with Crippen LogP contribution in [0.1, 0.15) is 168 Å². The number of amides is 1. The van der Waals surface area contributed by atoms with Gasteiger partial charge in [0.1, 0.15) is 24.4 Å². The first-order valence-electron chi connectivity index (χ1n) is 22.6. The van der Waals surface area contributed by atoms with Crippen LogP contribution in [-0.2, 0) is 14.3 Å². The molecule has 0 saturated carbocycles. The van der Waals surface area contributed by atoms with Gasteiger partial charge in [-0.1, -0.05) is 157 Å². The minimum Gasteiger partial charge on any atom is -0.394 e. The summed E-state index contributed by atoms with van der Waals surface area (Å²) in [6.45, 7) is 3.48. The van der Waals surface area contributed by atoms with Crippen LogP contribution in [0.2, 0.25) is 0 Å². The summed E-state index contributed by atoms with van der Waals surface area (Å²) in [5, 5.41) is 53.9. The lowest BCUT2D eigenvalue weighted by Gasteiger charge is -2.40. The third-order valence-corrected chi connectivity index (χ3v) is 10.3. The number of unbranched alkanes of at least 4 members (excludes halogenated alkanes) is 17. The number of ether oxygens (including phenoxy) is 2. The highest BCUT2D eigenvalue weighted by Crippen LogP contribution is 2.22. The van der Waals surface area contributed by atoms with E-state index in [4.69, 9.17) is 9.47 Å². The smallest absolute Gasteiger partial charge is 0.220 e. The molecule has 1 rings (SSSR count). The number of carbonyl (C=O) groups is 1. The SMILES string of the molecule is C/C=C/CC/C=C/CC/C=C/C(O)C(COC1OC(CO)C(O)C(O)C1O)NC(=O)CCCCCCCCCCCC/C=C\C/C=C\C/C=C\CCCCCCC. The van der Waals surface area contributed by atoms with Gasteiger partial charge in [-0.25, -0.2) is 0 Å². The van der Waals surface area contributed by atoms with Crippen LogP contribution in [0.3, 0.4) is 0 Å². The van der Waals surface area contributed by atoms with E-state index in [-0.39, 0.29) is 12.5 Å². The summed E-state index contributed by atoms with van der Waals surface area (Å²) in [5.74, 6) is -0.202. The summed E-state index contributed by atoms with van der Waals surface area (Å²) in [5.41, 5.74) is 0. The van der Waals surface area contributed by atoms with E-state index in [1.54, 1.807) is 6.08 Å². The van der Waals surface area contributed by atoms with Crippen LogP contribution in [0.25, 0.3) is 0 Å². The van der Waals surface area contributed by atoms with Crippen LogP contribution in [0, 0.1) is 0 Å². The van der Waals surface area contributed by atoms with Gasteiger partial charge in [0.15, 0.2) is 6.29 Å². The van der Waals surface area contributed by atoms with Gasteiger partial charge in [-0.15, -0.1) is 0 Å². The Balaban J connectivity index is 2.26. The van der Waals surface area contributed by atoms with Crippen molar-refractivity contribution in [3.8, 4) is 0 Å². The Bertz CT molecular complexity index is 1120. The van der Waals surface area contributed by atoms with Gasteiger partial charge in [-0.05, 0) is 77.6 Å². The minimum atomic E-state index is -1.58. The molecule has 328 valence electrons. The zero-order valence-corrected chi connectivity index (χ0v) is 35.8. The van der Waals surface area contributed by atoms with Crippen molar-refractivity contribution >= 4 is 5.91 Å². The van der Waals surface area contributed by atoms with Crippen LogP contribution >= 0.6 is 0 Å². The van der Waals surface area contributed by atoms with E-state index in [2.05, 4.69) is 66.9 Å². The summed E-state index contributed by atoms with van der Waals surface area (Å²) in [6.07, 6.45) is 44.1. The molecule has 1 saturated heterocycles. The van der Waals surface area contributed by atoms with Gasteiger partial charge < -0.3 is 40.3 Å². The van der Waals surface area contributed by atoms with Crippen LogP contribution < -0.4 is 5.32 Å². The highest BCUT2D eigenvalue weighted by molar-refractivity contribution is 5.76. The standard InChI is InChI=1S/C48H83NO8/c1-3-5-7-9-11-13-14-15-16-17-18-19-20-21-22-23-24-25-26-27-28-30-32-34-36-38-44(52)49-41(42(51)37-35-33-31-29-12-10-8-6-4-2)40-56-48-47(55)46(54)45(53)43(39-50)57-48/h4,6,12,14-15,17-18,20-21,29,35,37,41-43,45-48,50-51,53-55H,3,5,7-11,13,16,19,22-28,30-34,36,38-40H2,1-2H3,(H,49,52)/b6-4+,15-14-,18-17-,21-20-,29-12+,37-35+. The summed E-state index contributed by atoms with van der Waals surface area (Å²) < 4.78 is 11.1. The molecule has 7 unspecified atom stereocenters. The lowest BCUT2D eigenvalue weighted by atomic mass is 9.99. The Morgan fingerprint density at radius 2 is 1.12 bits per heavy atom. The van der Waals surface area contributed by atoms with Gasteiger partial charge in [0.2, 0.25) is 5.91 Å². The highest BCUT2D eigenvalue weighted by Gasteiger charge is 2.44. The third kappa shape index (κ3) is 28.7. The molecule has 9 nitrogen and oxygen atoms in total. The summed E-state index contributed by atoms with van der Waals surface area (Å²) >= 11 is 0. The molecular formula is C48H83NO8. The second-order valence-corrected chi connectivity index (χ2v) is 15.5. The van der Waals surface area contributed by atoms with Crippen LogP contribution in [0.5, 0.6) is 0 Å². The average Bonchev–Trinajstić information content (AvgIpc) is 3.21. The van der Waals surface area contributed by atoms with Crippen molar-refractivity contribution in [2.75, 3.05) is 13.2 Å². The fourth-order valence-electron chi connectivity index (χ4n) is 6.67. The van der Waals surface area contributed by atoms with Crippen molar-refractivity contribution in [1.82, 2.24) is 5.32 Å². The zero-order valence-electron chi connectivity index (χ0n) is 35.8.